The van der Waals surface area contributed by atoms with E-state index in [9.17, 15) is 4.79 Å². The third-order valence-electron chi connectivity index (χ3n) is 2.12. The first kappa shape index (κ1) is 12.8. The minimum atomic E-state index is -0.0894. The van der Waals surface area contributed by atoms with Gasteiger partial charge in [0.2, 0.25) is 5.91 Å². The minimum absolute atomic E-state index is 0.0894. The number of hydrogen-bond donors (Lipinski definition) is 1. The first-order valence-electron chi connectivity index (χ1n) is 5.12. The maximum Gasteiger partial charge on any atom is 0.223 e. The lowest BCUT2D eigenvalue weighted by atomic mass is 10.2. The molecule has 0 saturated carbocycles. The Kier molecular flexibility index (Phi) is 4.82. The molecule has 1 aromatic rings. The molecular formula is C12H14N2O3. The molecular weight excluding hydrogens is 220 g/mol. The zero-order chi connectivity index (χ0) is 12.7. The summed E-state index contributed by atoms with van der Waals surface area (Å²) in [4.78, 5) is 11.0. The third kappa shape index (κ3) is 4.03. The van der Waals surface area contributed by atoms with Gasteiger partial charge in [-0.1, -0.05) is 0 Å². The van der Waals surface area contributed by atoms with Crippen LogP contribution in [0.2, 0.25) is 0 Å². The van der Waals surface area contributed by atoms with E-state index in [-0.39, 0.29) is 18.9 Å². The topological polar surface area (TPSA) is 71.3 Å². The van der Waals surface area contributed by atoms with E-state index in [0.717, 1.165) is 0 Å². The second-order valence-electron chi connectivity index (χ2n) is 3.28. The summed E-state index contributed by atoms with van der Waals surface area (Å²) in [7, 11) is 3.09. The van der Waals surface area contributed by atoms with E-state index in [1.54, 1.807) is 25.2 Å². The van der Waals surface area contributed by atoms with Crippen molar-refractivity contribution in [1.29, 1.82) is 5.26 Å². The summed E-state index contributed by atoms with van der Waals surface area (Å²) in [6.07, 6.45) is 0.273. The lowest BCUT2D eigenvalue weighted by Crippen LogP contribution is -2.20. The normalized spacial score (nSPS) is 9.24. The van der Waals surface area contributed by atoms with E-state index in [0.29, 0.717) is 17.1 Å². The molecule has 0 spiro atoms. The fraction of sp³-hybridized carbons (Fsp3) is 0.333. The quantitative estimate of drug-likeness (QED) is 0.827. The fourth-order valence-corrected chi connectivity index (χ4v) is 1.22. The highest BCUT2D eigenvalue weighted by Crippen LogP contribution is 2.22. The molecule has 1 aromatic carbocycles. The number of rotatable bonds is 5. The van der Waals surface area contributed by atoms with Crippen LogP contribution in [0, 0.1) is 11.3 Å². The van der Waals surface area contributed by atoms with Crippen LogP contribution in [-0.4, -0.2) is 26.7 Å². The van der Waals surface area contributed by atoms with Gasteiger partial charge in [-0.3, -0.25) is 4.79 Å². The Morgan fingerprint density at radius 3 is 2.71 bits per heavy atom. The molecule has 0 saturated heterocycles. The molecule has 5 nitrogen and oxygen atoms in total. The summed E-state index contributed by atoms with van der Waals surface area (Å²) in [5.74, 6) is 0.984. The monoisotopic (exact) mass is 234 g/mol. The van der Waals surface area contributed by atoms with Crippen LogP contribution in [0.3, 0.4) is 0 Å². The molecule has 90 valence electrons. The van der Waals surface area contributed by atoms with E-state index in [1.165, 1.54) is 7.11 Å². The Balaban J connectivity index is 2.64. The Morgan fingerprint density at radius 1 is 1.41 bits per heavy atom. The molecule has 0 atom stereocenters. The van der Waals surface area contributed by atoms with Crippen molar-refractivity contribution in [2.75, 3.05) is 20.8 Å². The summed E-state index contributed by atoms with van der Waals surface area (Å²) in [5, 5.41) is 11.3. The van der Waals surface area contributed by atoms with Gasteiger partial charge in [0, 0.05) is 13.1 Å². The molecule has 0 bridgehead atoms. The van der Waals surface area contributed by atoms with E-state index in [4.69, 9.17) is 14.7 Å². The van der Waals surface area contributed by atoms with Crippen molar-refractivity contribution in [3.8, 4) is 17.6 Å². The van der Waals surface area contributed by atoms with Gasteiger partial charge < -0.3 is 14.8 Å². The van der Waals surface area contributed by atoms with Crippen LogP contribution in [0.25, 0.3) is 0 Å². The molecule has 0 fully saturated rings. The fourth-order valence-electron chi connectivity index (χ4n) is 1.22. The molecule has 0 aliphatic carbocycles. The number of nitrogens with one attached hydrogen (secondary N) is 1. The molecule has 1 amide bonds. The van der Waals surface area contributed by atoms with Gasteiger partial charge in [0.25, 0.3) is 0 Å². The lowest BCUT2D eigenvalue weighted by molar-refractivity contribution is -0.121. The number of benzene rings is 1. The van der Waals surface area contributed by atoms with Gasteiger partial charge in [-0.05, 0) is 12.1 Å². The summed E-state index contributed by atoms with van der Waals surface area (Å²) < 4.78 is 10.4. The molecule has 0 radical (unpaired) electrons. The zero-order valence-electron chi connectivity index (χ0n) is 9.82. The molecule has 17 heavy (non-hydrogen) atoms. The van der Waals surface area contributed by atoms with E-state index in [1.807, 2.05) is 6.07 Å². The highest BCUT2D eigenvalue weighted by Gasteiger charge is 2.03. The first-order valence-corrected chi connectivity index (χ1v) is 5.12. The SMILES string of the molecule is CNC(=O)CCOc1cc(C#N)cc(OC)c1. The molecule has 0 aliphatic rings. The van der Waals surface area contributed by atoms with Crippen molar-refractivity contribution in [1.82, 2.24) is 5.32 Å². The van der Waals surface area contributed by atoms with Crippen LogP contribution in [0.1, 0.15) is 12.0 Å². The van der Waals surface area contributed by atoms with Crippen molar-refractivity contribution in [2.45, 2.75) is 6.42 Å². The largest absolute Gasteiger partial charge is 0.497 e. The van der Waals surface area contributed by atoms with E-state index >= 15 is 0 Å². The van der Waals surface area contributed by atoms with Gasteiger partial charge in [0.15, 0.2) is 0 Å². The predicted molar refractivity (Wildman–Crippen MR) is 61.9 cm³/mol. The van der Waals surface area contributed by atoms with E-state index < -0.39 is 0 Å². The van der Waals surface area contributed by atoms with Crippen LogP contribution in [0.5, 0.6) is 11.5 Å². The second kappa shape index (κ2) is 6.38. The van der Waals surface area contributed by atoms with Gasteiger partial charge in [-0.25, -0.2) is 0 Å². The van der Waals surface area contributed by atoms with Crippen LogP contribution in [0.15, 0.2) is 18.2 Å². The number of hydrogen-bond acceptors (Lipinski definition) is 4. The summed E-state index contributed by atoms with van der Waals surface area (Å²) >= 11 is 0. The van der Waals surface area contributed by atoms with Gasteiger partial charge in [0.1, 0.15) is 11.5 Å². The average molecular weight is 234 g/mol. The number of nitriles is 1. The molecule has 0 aliphatic heterocycles. The molecule has 1 N–H and O–H groups in total. The standard InChI is InChI=1S/C12H14N2O3/c1-14-12(15)3-4-17-11-6-9(8-13)5-10(7-11)16-2/h5-7H,3-4H2,1-2H3,(H,14,15). The van der Waals surface area contributed by atoms with Crippen LogP contribution < -0.4 is 14.8 Å². The van der Waals surface area contributed by atoms with Crippen molar-refractivity contribution in [3.05, 3.63) is 23.8 Å². The van der Waals surface area contributed by atoms with Crippen LogP contribution in [0.4, 0.5) is 0 Å². The van der Waals surface area contributed by atoms with Crippen LogP contribution in [-0.2, 0) is 4.79 Å². The van der Waals surface area contributed by atoms with Crippen molar-refractivity contribution < 1.29 is 14.3 Å². The van der Waals surface area contributed by atoms with E-state index in [2.05, 4.69) is 5.32 Å². The zero-order valence-corrected chi connectivity index (χ0v) is 9.82. The molecule has 5 heteroatoms. The summed E-state index contributed by atoms with van der Waals surface area (Å²) in [5.41, 5.74) is 0.458. The smallest absolute Gasteiger partial charge is 0.223 e. The predicted octanol–water partition coefficient (Wildman–Crippen LogP) is 1.08. The minimum Gasteiger partial charge on any atom is -0.497 e. The van der Waals surface area contributed by atoms with Crippen molar-refractivity contribution >= 4 is 5.91 Å². The summed E-state index contributed by atoms with van der Waals surface area (Å²) in [6.45, 7) is 0.262. The van der Waals surface area contributed by atoms with Gasteiger partial charge >= 0.3 is 0 Å². The number of nitrogens with zero attached hydrogens (tertiary/aromatic N) is 1. The number of methoxy groups -OCH3 is 1. The summed E-state index contributed by atoms with van der Waals surface area (Å²) in [6, 6.07) is 6.90. The van der Waals surface area contributed by atoms with Gasteiger partial charge in [-0.2, -0.15) is 5.26 Å². The van der Waals surface area contributed by atoms with Crippen molar-refractivity contribution in [2.24, 2.45) is 0 Å². The first-order chi connectivity index (χ1) is 8.19. The van der Waals surface area contributed by atoms with Crippen molar-refractivity contribution in [3.63, 3.8) is 0 Å². The highest BCUT2D eigenvalue weighted by atomic mass is 16.5. The average Bonchev–Trinajstić information content (AvgIpc) is 2.37. The number of ether oxygens (including phenoxy) is 2. The highest BCUT2D eigenvalue weighted by molar-refractivity contribution is 5.75. The number of carbonyl (C=O) groups excluding carboxylic acids is 1. The Morgan fingerprint density at radius 2 is 2.12 bits per heavy atom. The number of carbonyl (C=O) groups is 1. The maximum atomic E-state index is 11.0. The number of amides is 1. The molecule has 0 unspecified atom stereocenters. The lowest BCUT2D eigenvalue weighted by Gasteiger charge is -2.08. The molecule has 1 rings (SSSR count). The Bertz CT molecular complexity index is 438. The van der Waals surface area contributed by atoms with Gasteiger partial charge in [-0.15, -0.1) is 0 Å². The Labute approximate surface area is 100.0 Å². The third-order valence-corrected chi connectivity index (χ3v) is 2.12. The molecule has 0 heterocycles. The Hall–Kier alpha value is -2.22. The molecule has 0 aromatic heterocycles. The van der Waals surface area contributed by atoms with Gasteiger partial charge in [0.05, 0.1) is 31.8 Å². The maximum absolute atomic E-state index is 11.0. The van der Waals surface area contributed by atoms with Crippen LogP contribution >= 0.6 is 0 Å². The second-order valence-corrected chi connectivity index (χ2v) is 3.28.